The van der Waals surface area contributed by atoms with Crippen LogP contribution in [-0.4, -0.2) is 20.7 Å². The molecule has 3 aromatic rings. The quantitative estimate of drug-likeness (QED) is 0.750. The Morgan fingerprint density at radius 1 is 1.30 bits per heavy atom. The number of hydrogen-bond donors (Lipinski definition) is 2. The van der Waals surface area contributed by atoms with Crippen molar-refractivity contribution in [1.29, 1.82) is 0 Å². The van der Waals surface area contributed by atoms with Gasteiger partial charge in [0, 0.05) is 35.4 Å². The number of H-pyrrole nitrogens is 1. The molecule has 3 rings (SSSR count). The van der Waals surface area contributed by atoms with Crippen LogP contribution in [0.15, 0.2) is 30.5 Å². The van der Waals surface area contributed by atoms with E-state index >= 15 is 0 Å². The van der Waals surface area contributed by atoms with Crippen LogP contribution in [0.25, 0.3) is 10.9 Å². The number of aryl methyl sites for hydroxylation is 2. The highest BCUT2D eigenvalue weighted by molar-refractivity contribution is 6.12. The lowest BCUT2D eigenvalue weighted by Crippen LogP contribution is -2.12. The third-order valence-electron chi connectivity index (χ3n) is 3.63. The first-order valence-electron chi connectivity index (χ1n) is 6.45. The Morgan fingerprint density at radius 2 is 2.05 bits per heavy atom. The van der Waals surface area contributed by atoms with Crippen molar-refractivity contribution >= 4 is 22.6 Å². The second kappa shape index (κ2) is 4.52. The van der Waals surface area contributed by atoms with Crippen molar-refractivity contribution in [3.63, 3.8) is 0 Å². The van der Waals surface area contributed by atoms with Crippen molar-refractivity contribution in [2.45, 2.75) is 13.8 Å². The molecule has 2 heterocycles. The molecular formula is C15H16N4O. The summed E-state index contributed by atoms with van der Waals surface area (Å²) < 4.78 is 1.95. The number of benzene rings is 1. The van der Waals surface area contributed by atoms with Crippen molar-refractivity contribution < 1.29 is 4.79 Å². The number of nitrogens with zero attached hydrogens (tertiary/aromatic N) is 2. The molecule has 0 aliphatic rings. The maximum absolute atomic E-state index is 12.4. The Labute approximate surface area is 116 Å². The number of anilines is 1. The molecule has 2 N–H and O–H groups in total. The van der Waals surface area contributed by atoms with Gasteiger partial charge in [0.1, 0.15) is 0 Å². The molecule has 0 aliphatic heterocycles. The Hall–Kier alpha value is -2.56. The van der Waals surface area contributed by atoms with Crippen molar-refractivity contribution in [2.75, 3.05) is 5.32 Å². The van der Waals surface area contributed by atoms with Crippen molar-refractivity contribution in [3.05, 3.63) is 47.3 Å². The zero-order chi connectivity index (χ0) is 14.3. The lowest BCUT2D eigenvalue weighted by atomic mass is 10.1. The number of nitrogens with one attached hydrogen (secondary N) is 2. The van der Waals surface area contributed by atoms with E-state index in [2.05, 4.69) is 15.5 Å². The Kier molecular flexibility index (Phi) is 2.82. The number of amides is 1. The molecule has 5 nitrogen and oxygen atoms in total. The van der Waals surface area contributed by atoms with Gasteiger partial charge in [-0.3, -0.25) is 9.89 Å². The Morgan fingerprint density at radius 3 is 2.75 bits per heavy atom. The van der Waals surface area contributed by atoms with E-state index in [4.69, 9.17) is 0 Å². The predicted octanol–water partition coefficient (Wildman–Crippen LogP) is 2.77. The lowest BCUT2D eigenvalue weighted by Gasteiger charge is -2.02. The van der Waals surface area contributed by atoms with E-state index in [0.29, 0.717) is 11.4 Å². The number of carbonyl (C=O) groups is 1. The number of para-hydroxylation sites is 1. The smallest absolute Gasteiger partial charge is 0.259 e. The topological polar surface area (TPSA) is 62.7 Å². The number of aromatic nitrogens is 3. The van der Waals surface area contributed by atoms with Crippen LogP contribution in [0, 0.1) is 13.8 Å². The number of aromatic amines is 1. The highest BCUT2D eigenvalue weighted by Crippen LogP contribution is 2.22. The molecule has 102 valence electrons. The van der Waals surface area contributed by atoms with E-state index < -0.39 is 0 Å². The average molecular weight is 268 g/mol. The van der Waals surface area contributed by atoms with E-state index in [1.807, 2.05) is 55.9 Å². The summed E-state index contributed by atoms with van der Waals surface area (Å²) in [5.41, 5.74) is 3.60. The standard InChI is InChI=1S/C15H16N4O/c1-9-10(2)17-18-14(9)16-15(20)12-8-19(3)13-7-5-4-6-11(12)13/h4-8H,1-3H3,(H2,16,17,18,20). The second-order valence-electron chi connectivity index (χ2n) is 4.95. The minimum absolute atomic E-state index is 0.142. The molecule has 2 aromatic heterocycles. The van der Waals surface area contributed by atoms with E-state index in [1.54, 1.807) is 0 Å². The minimum atomic E-state index is -0.142. The van der Waals surface area contributed by atoms with Crippen LogP contribution in [0.4, 0.5) is 5.82 Å². The predicted molar refractivity (Wildman–Crippen MR) is 78.9 cm³/mol. The molecule has 0 aliphatic carbocycles. The molecule has 0 bridgehead atoms. The molecule has 20 heavy (non-hydrogen) atoms. The van der Waals surface area contributed by atoms with Crippen LogP contribution < -0.4 is 5.32 Å². The maximum Gasteiger partial charge on any atom is 0.259 e. The summed E-state index contributed by atoms with van der Waals surface area (Å²) in [7, 11) is 1.93. The third kappa shape index (κ3) is 1.87. The highest BCUT2D eigenvalue weighted by atomic mass is 16.1. The molecule has 0 radical (unpaired) electrons. The highest BCUT2D eigenvalue weighted by Gasteiger charge is 2.16. The van der Waals surface area contributed by atoms with Gasteiger partial charge in [-0.05, 0) is 19.9 Å². The summed E-state index contributed by atoms with van der Waals surface area (Å²) in [6.45, 7) is 3.85. The normalized spacial score (nSPS) is 10.9. The fraction of sp³-hybridized carbons (Fsp3) is 0.200. The van der Waals surface area contributed by atoms with Gasteiger partial charge >= 0.3 is 0 Å². The number of carbonyl (C=O) groups excluding carboxylic acids is 1. The molecule has 1 amide bonds. The van der Waals surface area contributed by atoms with Gasteiger partial charge in [-0.15, -0.1) is 0 Å². The molecule has 0 saturated carbocycles. The molecular weight excluding hydrogens is 252 g/mol. The van der Waals surface area contributed by atoms with E-state index in [9.17, 15) is 4.79 Å². The fourth-order valence-corrected chi connectivity index (χ4v) is 2.30. The maximum atomic E-state index is 12.4. The van der Waals surface area contributed by atoms with Gasteiger partial charge in [-0.1, -0.05) is 18.2 Å². The lowest BCUT2D eigenvalue weighted by molar-refractivity contribution is 0.102. The Bertz CT molecular complexity index is 797. The van der Waals surface area contributed by atoms with Crippen LogP contribution in [0.1, 0.15) is 21.6 Å². The van der Waals surface area contributed by atoms with Crippen LogP contribution in [0.2, 0.25) is 0 Å². The van der Waals surface area contributed by atoms with Gasteiger partial charge in [0.2, 0.25) is 0 Å². The molecule has 0 fully saturated rings. The first-order valence-corrected chi connectivity index (χ1v) is 6.45. The minimum Gasteiger partial charge on any atom is -0.350 e. The van der Waals surface area contributed by atoms with Gasteiger partial charge in [-0.25, -0.2) is 0 Å². The second-order valence-corrected chi connectivity index (χ2v) is 4.95. The van der Waals surface area contributed by atoms with E-state index in [-0.39, 0.29) is 5.91 Å². The average Bonchev–Trinajstić information content (AvgIpc) is 2.94. The SMILES string of the molecule is Cc1[nH]nc(NC(=O)c2cn(C)c3ccccc23)c1C. The van der Waals surface area contributed by atoms with Crippen LogP contribution >= 0.6 is 0 Å². The molecule has 0 unspecified atom stereocenters. The molecule has 1 aromatic carbocycles. The van der Waals surface area contributed by atoms with Gasteiger partial charge in [0.05, 0.1) is 5.56 Å². The zero-order valence-corrected chi connectivity index (χ0v) is 11.7. The first kappa shape index (κ1) is 12.5. The first-order chi connectivity index (χ1) is 9.58. The fourth-order valence-electron chi connectivity index (χ4n) is 2.30. The van der Waals surface area contributed by atoms with Crippen molar-refractivity contribution in [1.82, 2.24) is 14.8 Å². The monoisotopic (exact) mass is 268 g/mol. The van der Waals surface area contributed by atoms with Crippen LogP contribution in [0.3, 0.4) is 0 Å². The van der Waals surface area contributed by atoms with Gasteiger partial charge in [-0.2, -0.15) is 5.10 Å². The van der Waals surface area contributed by atoms with Crippen LogP contribution in [-0.2, 0) is 7.05 Å². The van der Waals surface area contributed by atoms with Gasteiger partial charge < -0.3 is 9.88 Å². The number of fused-ring (bicyclic) bond motifs is 1. The molecule has 0 saturated heterocycles. The largest absolute Gasteiger partial charge is 0.350 e. The third-order valence-corrected chi connectivity index (χ3v) is 3.63. The number of rotatable bonds is 2. The van der Waals surface area contributed by atoms with Crippen LogP contribution in [0.5, 0.6) is 0 Å². The summed E-state index contributed by atoms with van der Waals surface area (Å²) in [4.78, 5) is 12.4. The zero-order valence-electron chi connectivity index (χ0n) is 11.7. The summed E-state index contributed by atoms with van der Waals surface area (Å²) in [6.07, 6.45) is 1.84. The molecule has 5 heteroatoms. The Balaban J connectivity index is 1.99. The summed E-state index contributed by atoms with van der Waals surface area (Å²) in [5.74, 6) is 0.442. The van der Waals surface area contributed by atoms with E-state index in [0.717, 1.165) is 22.2 Å². The molecule has 0 atom stereocenters. The van der Waals surface area contributed by atoms with Gasteiger partial charge in [0.15, 0.2) is 5.82 Å². The molecule has 0 spiro atoms. The summed E-state index contributed by atoms with van der Waals surface area (Å²) in [5, 5.41) is 10.8. The van der Waals surface area contributed by atoms with E-state index in [1.165, 1.54) is 0 Å². The van der Waals surface area contributed by atoms with Crippen molar-refractivity contribution in [2.24, 2.45) is 7.05 Å². The van der Waals surface area contributed by atoms with Gasteiger partial charge in [0.25, 0.3) is 5.91 Å². The van der Waals surface area contributed by atoms with Crippen molar-refractivity contribution in [3.8, 4) is 0 Å². The summed E-state index contributed by atoms with van der Waals surface area (Å²) in [6, 6.07) is 7.84. The number of hydrogen-bond acceptors (Lipinski definition) is 2. The summed E-state index contributed by atoms with van der Waals surface area (Å²) >= 11 is 0.